The summed E-state index contributed by atoms with van der Waals surface area (Å²) in [7, 11) is 2.11. The molecule has 39 heavy (non-hydrogen) atoms. The van der Waals surface area contributed by atoms with Crippen molar-refractivity contribution in [1.29, 1.82) is 0 Å². The van der Waals surface area contributed by atoms with Gasteiger partial charge >= 0.3 is 0 Å². The summed E-state index contributed by atoms with van der Waals surface area (Å²) in [5, 5.41) is 0. The van der Waals surface area contributed by atoms with E-state index in [9.17, 15) is 0 Å². The molecule has 2 nitrogen and oxygen atoms in total. The van der Waals surface area contributed by atoms with Crippen molar-refractivity contribution >= 4 is 5.69 Å². The van der Waals surface area contributed by atoms with Crippen LogP contribution in [0.2, 0.25) is 0 Å². The average molecular weight is 521 g/mol. The van der Waals surface area contributed by atoms with E-state index in [-0.39, 0.29) is 0 Å². The van der Waals surface area contributed by atoms with Gasteiger partial charge in [-0.05, 0) is 63.1 Å². The highest BCUT2D eigenvalue weighted by atomic mass is 15.1. The molecule has 0 saturated heterocycles. The molecule has 0 atom stereocenters. The minimum atomic E-state index is 0.779. The summed E-state index contributed by atoms with van der Waals surface area (Å²) in [4.78, 5) is 4.60. The van der Waals surface area contributed by atoms with Crippen molar-refractivity contribution in [3.05, 3.63) is 151 Å². The van der Waals surface area contributed by atoms with Crippen molar-refractivity contribution in [3.8, 4) is 12.3 Å². The van der Waals surface area contributed by atoms with Gasteiger partial charge < -0.3 is 9.80 Å². The number of hydrogen-bond donors (Lipinski definition) is 0. The number of nitrogens with zero attached hydrogens (tertiary/aromatic N) is 2. The predicted molar refractivity (Wildman–Crippen MR) is 178 cm³/mol. The summed E-state index contributed by atoms with van der Waals surface area (Å²) in [6.45, 7) is 15.4. The van der Waals surface area contributed by atoms with E-state index in [1.54, 1.807) is 12.2 Å². The molecule has 0 bridgehead atoms. The topological polar surface area (TPSA) is 6.48 Å². The summed E-state index contributed by atoms with van der Waals surface area (Å²) >= 11 is 0. The lowest BCUT2D eigenvalue weighted by Crippen LogP contribution is -2.23. The van der Waals surface area contributed by atoms with Crippen molar-refractivity contribution in [2.24, 2.45) is 0 Å². The quantitative estimate of drug-likeness (QED) is 0.212. The molecule has 1 aliphatic carbocycles. The van der Waals surface area contributed by atoms with Crippen LogP contribution in [0.4, 0.5) is 5.69 Å². The number of benzene rings is 1. The van der Waals surface area contributed by atoms with E-state index in [1.807, 2.05) is 45.1 Å². The third-order valence-corrected chi connectivity index (χ3v) is 5.30. The van der Waals surface area contributed by atoms with Gasteiger partial charge in [-0.3, -0.25) is 0 Å². The maximum absolute atomic E-state index is 4.80. The maximum atomic E-state index is 4.80. The molecule has 0 aromatic heterocycles. The molecule has 1 aromatic carbocycles. The molecule has 2 rings (SSSR count). The molecule has 1 aliphatic rings. The Morgan fingerprint density at radius 2 is 1.67 bits per heavy atom. The van der Waals surface area contributed by atoms with Crippen LogP contribution in [0.5, 0.6) is 0 Å². The Hall–Kier alpha value is -4.22. The van der Waals surface area contributed by atoms with Crippen molar-refractivity contribution < 1.29 is 0 Å². The first-order valence-corrected chi connectivity index (χ1v) is 13.7. The molecule has 0 aliphatic heterocycles. The number of para-hydroxylation sites is 1. The Balaban J connectivity index is 0.00000185. The zero-order valence-electron chi connectivity index (χ0n) is 24.9. The highest BCUT2D eigenvalue weighted by Crippen LogP contribution is 2.25. The Kier molecular flexibility index (Phi) is 21.5. The standard InChI is InChI=1S/C30H36N2.C5H6.C2H6/c1-5-8-9-10-17-25-31(4)28(7-3)23-18-26-32(29-21-14-12-15-22-29)30-24-16-11-13-20-27(30)19-6-2;1-3-5-4-2;1-2/h5-10,12-24H,1,11,25-26H2,2-4H3;1,4-5H,2H3;1-2H3/b9-8-,17-10-,19-6+,23-18-,28-7+;5-4-;. The molecule has 0 unspecified atom stereocenters. The average Bonchev–Trinajstić information content (AvgIpc) is 3.21. The second kappa shape index (κ2) is 24.1. The lowest BCUT2D eigenvalue weighted by atomic mass is 10.1. The molecule has 0 fully saturated rings. The van der Waals surface area contributed by atoms with Crippen LogP contribution in [0.15, 0.2) is 151 Å². The van der Waals surface area contributed by atoms with Gasteiger partial charge in [0.05, 0.1) is 0 Å². The highest BCUT2D eigenvalue weighted by Gasteiger charge is 2.12. The van der Waals surface area contributed by atoms with Crippen LogP contribution in [0, 0.1) is 12.3 Å². The minimum absolute atomic E-state index is 0.779. The van der Waals surface area contributed by atoms with Gasteiger partial charge in [-0.25, -0.2) is 0 Å². The van der Waals surface area contributed by atoms with Crippen LogP contribution in [0.1, 0.15) is 41.0 Å². The fourth-order valence-electron chi connectivity index (χ4n) is 3.52. The fourth-order valence-corrected chi connectivity index (χ4v) is 3.52. The van der Waals surface area contributed by atoms with Gasteiger partial charge in [0.25, 0.3) is 0 Å². The number of likely N-dealkylation sites (N-methyl/N-ethyl adjacent to an activating group) is 1. The second-order valence-electron chi connectivity index (χ2n) is 8.04. The first-order valence-electron chi connectivity index (χ1n) is 13.7. The van der Waals surface area contributed by atoms with E-state index < -0.39 is 0 Å². The molecular weight excluding hydrogens is 472 g/mol. The first kappa shape index (κ1) is 34.8. The lowest BCUT2D eigenvalue weighted by Gasteiger charge is -2.26. The van der Waals surface area contributed by atoms with Crippen LogP contribution in [-0.2, 0) is 0 Å². The van der Waals surface area contributed by atoms with Crippen LogP contribution in [0.25, 0.3) is 0 Å². The number of rotatable bonds is 11. The zero-order valence-corrected chi connectivity index (χ0v) is 24.9. The number of allylic oxidation sites excluding steroid dienone is 15. The van der Waals surface area contributed by atoms with E-state index in [4.69, 9.17) is 6.42 Å². The van der Waals surface area contributed by atoms with Crippen molar-refractivity contribution in [2.75, 3.05) is 25.0 Å². The van der Waals surface area contributed by atoms with Gasteiger partial charge in [0.1, 0.15) is 0 Å². The van der Waals surface area contributed by atoms with Gasteiger partial charge in [-0.2, -0.15) is 0 Å². The van der Waals surface area contributed by atoms with E-state index in [2.05, 4.69) is 134 Å². The van der Waals surface area contributed by atoms with Crippen molar-refractivity contribution in [3.63, 3.8) is 0 Å². The van der Waals surface area contributed by atoms with E-state index >= 15 is 0 Å². The normalized spacial score (nSPS) is 13.4. The molecule has 1 aromatic rings. The Morgan fingerprint density at radius 3 is 2.26 bits per heavy atom. The first-order chi connectivity index (χ1) is 19.1. The molecule has 0 spiro atoms. The highest BCUT2D eigenvalue weighted by molar-refractivity contribution is 5.60. The van der Waals surface area contributed by atoms with Crippen LogP contribution < -0.4 is 4.90 Å². The summed E-state index contributed by atoms with van der Waals surface area (Å²) in [6.07, 6.45) is 38.9. The molecule has 0 heterocycles. The maximum Gasteiger partial charge on any atom is 0.0483 e. The number of hydrogen-bond acceptors (Lipinski definition) is 2. The molecule has 0 saturated carbocycles. The summed E-state index contributed by atoms with van der Waals surface area (Å²) in [5.41, 5.74) is 4.80. The van der Waals surface area contributed by atoms with Crippen molar-refractivity contribution in [1.82, 2.24) is 4.90 Å². The van der Waals surface area contributed by atoms with Crippen molar-refractivity contribution in [2.45, 2.75) is 41.0 Å². The second-order valence-corrected chi connectivity index (χ2v) is 8.04. The minimum Gasteiger partial charge on any atom is -0.371 e. The SMILES string of the molecule is C#C/C=C\C.C=C/C=C\C=C/CN(C)C(/C=C\CN(C1=C(/C=C/C)C=CCC=C1)c1ccccc1)=C/C.CC. The summed E-state index contributed by atoms with van der Waals surface area (Å²) in [5.74, 6) is 2.34. The number of anilines is 1. The predicted octanol–water partition coefficient (Wildman–Crippen LogP) is 9.75. The van der Waals surface area contributed by atoms with Crippen LogP contribution in [-0.4, -0.2) is 25.0 Å². The summed E-state index contributed by atoms with van der Waals surface area (Å²) < 4.78 is 0. The Morgan fingerprint density at radius 1 is 0.949 bits per heavy atom. The van der Waals surface area contributed by atoms with E-state index in [0.717, 1.165) is 19.5 Å². The van der Waals surface area contributed by atoms with Gasteiger partial charge in [-0.1, -0.05) is 124 Å². The third-order valence-electron chi connectivity index (χ3n) is 5.30. The third kappa shape index (κ3) is 14.9. The van der Waals surface area contributed by atoms with Crippen LogP contribution >= 0.6 is 0 Å². The van der Waals surface area contributed by atoms with Gasteiger partial charge in [0, 0.05) is 37.2 Å². The van der Waals surface area contributed by atoms with E-state index in [0.29, 0.717) is 0 Å². The van der Waals surface area contributed by atoms with Gasteiger partial charge in [-0.15, -0.1) is 6.42 Å². The molecule has 206 valence electrons. The largest absolute Gasteiger partial charge is 0.371 e. The van der Waals surface area contributed by atoms with Gasteiger partial charge in [0.15, 0.2) is 0 Å². The smallest absolute Gasteiger partial charge is 0.0483 e. The number of terminal acetylenes is 1. The summed E-state index contributed by atoms with van der Waals surface area (Å²) in [6, 6.07) is 10.6. The Bertz CT molecular complexity index is 1110. The molecular formula is C37H48N2. The Labute approximate surface area is 239 Å². The van der Waals surface area contributed by atoms with E-state index in [1.165, 1.54) is 22.7 Å². The molecule has 0 radical (unpaired) electrons. The lowest BCUT2D eigenvalue weighted by molar-refractivity contribution is 0.478. The zero-order chi connectivity index (χ0) is 29.1. The van der Waals surface area contributed by atoms with Crippen LogP contribution in [0.3, 0.4) is 0 Å². The fraction of sp³-hybridized carbons (Fsp3) is 0.243. The molecule has 2 heteroatoms. The molecule has 0 N–H and O–H groups in total. The monoisotopic (exact) mass is 520 g/mol. The van der Waals surface area contributed by atoms with Gasteiger partial charge in [0.2, 0.25) is 0 Å². The molecule has 0 amide bonds.